The lowest BCUT2D eigenvalue weighted by molar-refractivity contribution is -0.121. The van der Waals surface area contributed by atoms with Crippen LogP contribution in [0.15, 0.2) is 23.1 Å². The smallest absolute Gasteiger partial charge is 0.243 e. The zero-order chi connectivity index (χ0) is 20.0. The summed E-state index contributed by atoms with van der Waals surface area (Å²) in [6.07, 6.45) is 0.864. The highest BCUT2D eigenvalue weighted by atomic mass is 32.2. The Bertz CT molecular complexity index is 743. The topological polar surface area (TPSA) is 73.0 Å². The molecular formula is C19H32N4O3S. The summed E-state index contributed by atoms with van der Waals surface area (Å²) in [5.41, 5.74) is 1.95. The van der Waals surface area contributed by atoms with Gasteiger partial charge in [0.05, 0.1) is 11.4 Å². The third kappa shape index (κ3) is 6.27. The summed E-state index contributed by atoms with van der Waals surface area (Å²) in [7, 11) is -0.103. The van der Waals surface area contributed by atoms with E-state index in [9.17, 15) is 13.2 Å². The summed E-state index contributed by atoms with van der Waals surface area (Å²) >= 11 is 0. The van der Waals surface area contributed by atoms with Crippen molar-refractivity contribution in [3.8, 4) is 0 Å². The molecule has 1 heterocycles. The van der Waals surface area contributed by atoms with Crippen LogP contribution < -0.4 is 5.32 Å². The average molecular weight is 397 g/mol. The van der Waals surface area contributed by atoms with Crippen molar-refractivity contribution in [2.24, 2.45) is 0 Å². The molecule has 1 aliphatic rings. The van der Waals surface area contributed by atoms with Gasteiger partial charge in [-0.25, -0.2) is 8.42 Å². The first-order valence-corrected chi connectivity index (χ1v) is 10.9. The fraction of sp³-hybridized carbons (Fsp3) is 0.632. The monoisotopic (exact) mass is 396 g/mol. The number of aryl methyl sites for hydroxylation is 2. The fourth-order valence-electron chi connectivity index (χ4n) is 3.00. The van der Waals surface area contributed by atoms with Crippen molar-refractivity contribution in [2.75, 3.05) is 59.9 Å². The van der Waals surface area contributed by atoms with E-state index in [-0.39, 0.29) is 17.3 Å². The van der Waals surface area contributed by atoms with Crippen LogP contribution in [-0.2, 0) is 14.8 Å². The van der Waals surface area contributed by atoms with Crippen molar-refractivity contribution >= 4 is 15.9 Å². The van der Waals surface area contributed by atoms with Gasteiger partial charge >= 0.3 is 0 Å². The Morgan fingerprint density at radius 1 is 1.15 bits per heavy atom. The van der Waals surface area contributed by atoms with Gasteiger partial charge in [0.2, 0.25) is 15.9 Å². The molecule has 1 aromatic carbocycles. The number of carbonyl (C=O) groups excluding carboxylic acids is 1. The molecule has 0 unspecified atom stereocenters. The van der Waals surface area contributed by atoms with Crippen LogP contribution in [0.2, 0.25) is 0 Å². The SMILES string of the molecule is Cc1ccc(S(=O)(=O)N(C)CC(=O)NCCCN2CCN(C)CC2)cc1C. The van der Waals surface area contributed by atoms with Crippen LogP contribution in [-0.4, -0.2) is 88.3 Å². The van der Waals surface area contributed by atoms with Crippen LogP contribution in [0.3, 0.4) is 0 Å². The van der Waals surface area contributed by atoms with Crippen molar-refractivity contribution in [1.29, 1.82) is 0 Å². The number of rotatable bonds is 8. The largest absolute Gasteiger partial charge is 0.355 e. The lowest BCUT2D eigenvalue weighted by Gasteiger charge is -2.32. The van der Waals surface area contributed by atoms with Crippen molar-refractivity contribution < 1.29 is 13.2 Å². The molecule has 0 radical (unpaired) electrons. The van der Waals surface area contributed by atoms with Crippen LogP contribution in [0.4, 0.5) is 0 Å². The van der Waals surface area contributed by atoms with Gasteiger partial charge < -0.3 is 15.1 Å². The molecule has 0 aliphatic carbocycles. The van der Waals surface area contributed by atoms with Gasteiger partial charge in [-0.2, -0.15) is 4.31 Å². The second-order valence-electron chi connectivity index (χ2n) is 7.36. The molecule has 27 heavy (non-hydrogen) atoms. The Hall–Kier alpha value is -1.48. The molecule has 0 spiro atoms. The van der Waals surface area contributed by atoms with Gasteiger partial charge in [0.15, 0.2) is 0 Å². The Morgan fingerprint density at radius 3 is 2.44 bits per heavy atom. The second-order valence-corrected chi connectivity index (χ2v) is 9.40. The van der Waals surface area contributed by atoms with E-state index < -0.39 is 10.0 Å². The predicted molar refractivity (Wildman–Crippen MR) is 107 cm³/mol. The summed E-state index contributed by atoms with van der Waals surface area (Å²) in [5.74, 6) is -0.275. The first-order valence-electron chi connectivity index (χ1n) is 9.41. The zero-order valence-electron chi connectivity index (χ0n) is 16.9. The molecule has 1 aromatic rings. The molecule has 0 bridgehead atoms. The lowest BCUT2D eigenvalue weighted by Crippen LogP contribution is -2.45. The van der Waals surface area contributed by atoms with Crippen molar-refractivity contribution in [1.82, 2.24) is 19.4 Å². The maximum absolute atomic E-state index is 12.6. The van der Waals surface area contributed by atoms with Crippen LogP contribution in [0.5, 0.6) is 0 Å². The summed E-state index contributed by atoms with van der Waals surface area (Å²) < 4.78 is 26.4. The molecule has 1 fully saturated rings. The minimum atomic E-state index is -3.67. The quantitative estimate of drug-likeness (QED) is 0.654. The fourth-order valence-corrected chi connectivity index (χ4v) is 4.21. The molecule has 2 rings (SSSR count). The van der Waals surface area contributed by atoms with Crippen LogP contribution in [0.1, 0.15) is 17.5 Å². The van der Waals surface area contributed by atoms with Gasteiger partial charge in [-0.15, -0.1) is 0 Å². The molecule has 0 saturated carbocycles. The summed E-state index contributed by atoms with van der Waals surface area (Å²) in [4.78, 5) is 17.0. The minimum absolute atomic E-state index is 0.177. The Labute approximate surface area is 163 Å². The van der Waals surface area contributed by atoms with Crippen LogP contribution in [0.25, 0.3) is 0 Å². The van der Waals surface area contributed by atoms with E-state index in [0.717, 1.165) is 54.6 Å². The number of piperazine rings is 1. The van der Waals surface area contributed by atoms with Gasteiger partial charge in [0, 0.05) is 39.8 Å². The standard InChI is InChI=1S/C19H32N4O3S/c1-16-6-7-18(14-17(16)2)27(25,26)22(4)15-19(24)20-8-5-9-23-12-10-21(3)11-13-23/h6-7,14H,5,8-13,15H2,1-4H3,(H,20,24). The number of hydrogen-bond acceptors (Lipinski definition) is 5. The molecule has 1 amide bonds. The van der Waals surface area contributed by atoms with E-state index in [2.05, 4.69) is 22.2 Å². The number of hydrogen-bond donors (Lipinski definition) is 1. The molecular weight excluding hydrogens is 364 g/mol. The van der Waals surface area contributed by atoms with E-state index in [1.165, 1.54) is 7.05 Å². The molecule has 0 aromatic heterocycles. The Morgan fingerprint density at radius 2 is 1.81 bits per heavy atom. The molecule has 1 N–H and O–H groups in total. The van der Waals surface area contributed by atoms with Crippen molar-refractivity contribution in [2.45, 2.75) is 25.2 Å². The van der Waals surface area contributed by atoms with E-state index >= 15 is 0 Å². The summed E-state index contributed by atoms with van der Waals surface area (Å²) in [6.45, 7) is 9.41. The highest BCUT2D eigenvalue weighted by Gasteiger charge is 2.23. The normalized spacial score (nSPS) is 16.6. The number of carbonyl (C=O) groups is 1. The van der Waals surface area contributed by atoms with E-state index in [0.29, 0.717) is 6.54 Å². The Balaban J connectivity index is 1.76. The summed E-state index contributed by atoms with van der Waals surface area (Å²) in [5, 5.41) is 2.82. The van der Waals surface area contributed by atoms with E-state index in [4.69, 9.17) is 0 Å². The van der Waals surface area contributed by atoms with E-state index in [1.807, 2.05) is 13.8 Å². The molecule has 0 atom stereocenters. The minimum Gasteiger partial charge on any atom is -0.355 e. The van der Waals surface area contributed by atoms with Gasteiger partial charge in [-0.05, 0) is 57.1 Å². The summed E-state index contributed by atoms with van der Waals surface area (Å²) in [6, 6.07) is 5.02. The lowest BCUT2D eigenvalue weighted by atomic mass is 10.1. The molecule has 152 valence electrons. The molecule has 1 saturated heterocycles. The number of amides is 1. The van der Waals surface area contributed by atoms with Gasteiger partial charge in [-0.1, -0.05) is 6.07 Å². The number of sulfonamides is 1. The number of likely N-dealkylation sites (N-methyl/N-ethyl adjacent to an activating group) is 2. The number of nitrogens with zero attached hydrogens (tertiary/aromatic N) is 3. The van der Waals surface area contributed by atoms with Gasteiger partial charge in [0.25, 0.3) is 0 Å². The Kier molecular flexibility index (Phi) is 7.79. The first kappa shape index (κ1) is 21.8. The molecule has 8 heteroatoms. The van der Waals surface area contributed by atoms with Crippen LogP contribution >= 0.6 is 0 Å². The average Bonchev–Trinajstić information content (AvgIpc) is 2.62. The molecule has 7 nitrogen and oxygen atoms in total. The molecule has 1 aliphatic heterocycles. The third-order valence-electron chi connectivity index (χ3n) is 5.12. The highest BCUT2D eigenvalue weighted by Crippen LogP contribution is 2.17. The second kappa shape index (κ2) is 9.64. The van der Waals surface area contributed by atoms with Crippen molar-refractivity contribution in [3.05, 3.63) is 29.3 Å². The van der Waals surface area contributed by atoms with E-state index in [1.54, 1.807) is 18.2 Å². The number of nitrogens with one attached hydrogen (secondary N) is 1. The van der Waals surface area contributed by atoms with Crippen LogP contribution in [0, 0.1) is 13.8 Å². The zero-order valence-corrected chi connectivity index (χ0v) is 17.7. The maximum Gasteiger partial charge on any atom is 0.243 e. The maximum atomic E-state index is 12.6. The van der Waals surface area contributed by atoms with Gasteiger partial charge in [-0.3, -0.25) is 4.79 Å². The number of benzene rings is 1. The van der Waals surface area contributed by atoms with Crippen molar-refractivity contribution in [3.63, 3.8) is 0 Å². The first-order chi connectivity index (χ1) is 12.7. The predicted octanol–water partition coefficient (Wildman–Crippen LogP) is 0.678. The highest BCUT2D eigenvalue weighted by molar-refractivity contribution is 7.89. The third-order valence-corrected chi connectivity index (χ3v) is 6.92. The van der Waals surface area contributed by atoms with Gasteiger partial charge in [0.1, 0.15) is 0 Å².